The first kappa shape index (κ1) is 19.3. The summed E-state index contributed by atoms with van der Waals surface area (Å²) in [5.41, 5.74) is 1.21. The van der Waals surface area contributed by atoms with Crippen LogP contribution in [0.3, 0.4) is 0 Å². The first-order valence-electron chi connectivity index (χ1n) is 9.33. The number of anilines is 1. The molecule has 1 aliphatic carbocycles. The number of halogens is 3. The molecule has 4 rings (SSSR count). The van der Waals surface area contributed by atoms with Gasteiger partial charge in [0.15, 0.2) is 11.6 Å². The maximum atomic E-state index is 13.6. The highest BCUT2D eigenvalue weighted by Gasteiger charge is 2.41. The first-order valence-corrected chi connectivity index (χ1v) is 9.33. The molecular formula is C21H18F3N3O2. The van der Waals surface area contributed by atoms with Gasteiger partial charge in [0.05, 0.1) is 24.3 Å². The molecule has 1 N–H and O–H groups in total. The van der Waals surface area contributed by atoms with Gasteiger partial charge in [0.1, 0.15) is 5.82 Å². The molecule has 29 heavy (non-hydrogen) atoms. The quantitative estimate of drug-likeness (QED) is 0.839. The minimum Gasteiger partial charge on any atom is -0.382 e. The summed E-state index contributed by atoms with van der Waals surface area (Å²) in [6, 6.07) is 9.04. The average Bonchev–Trinajstić information content (AvgIpc) is 3.15. The fraction of sp³-hybridized carbons (Fsp3) is 0.333. The van der Waals surface area contributed by atoms with Crippen LogP contribution in [0.15, 0.2) is 36.4 Å². The first-order chi connectivity index (χ1) is 13.9. The standard InChI is InChI=1S/C21H18F3N3O2/c22-15-5-12(11-25)6-16(10-15)26-17-7-14(8-17)21(28)27-20(3-4-29-27)13-1-2-18(23)19(24)9-13/h1-2,5-6,9-10,14,17,20,26H,3-4,7-8H2/t14?,17?,20-/m0/s1. The minimum absolute atomic E-state index is 0.0263. The molecule has 2 aromatic carbocycles. The van der Waals surface area contributed by atoms with Crippen LogP contribution in [0.1, 0.15) is 36.4 Å². The molecule has 1 heterocycles. The molecule has 0 bridgehead atoms. The Kier molecular flexibility index (Phi) is 5.16. The van der Waals surface area contributed by atoms with Gasteiger partial charge in [-0.25, -0.2) is 18.2 Å². The van der Waals surface area contributed by atoms with Crippen LogP contribution in [0.4, 0.5) is 18.9 Å². The van der Waals surface area contributed by atoms with E-state index in [0.717, 1.165) is 18.2 Å². The van der Waals surface area contributed by atoms with Gasteiger partial charge in [-0.2, -0.15) is 5.26 Å². The predicted octanol–water partition coefficient (Wildman–Crippen LogP) is 4.07. The molecule has 1 saturated heterocycles. The molecule has 150 valence electrons. The number of hydroxylamine groups is 2. The normalized spacial score (nSPS) is 23.4. The van der Waals surface area contributed by atoms with Gasteiger partial charge in [-0.15, -0.1) is 0 Å². The zero-order valence-corrected chi connectivity index (χ0v) is 15.4. The Morgan fingerprint density at radius 1 is 1.14 bits per heavy atom. The number of hydrogen-bond donors (Lipinski definition) is 1. The van der Waals surface area contributed by atoms with Crippen LogP contribution in [0.5, 0.6) is 0 Å². The van der Waals surface area contributed by atoms with Crippen molar-refractivity contribution >= 4 is 11.6 Å². The number of hydrogen-bond acceptors (Lipinski definition) is 4. The third-order valence-corrected chi connectivity index (χ3v) is 5.34. The maximum Gasteiger partial charge on any atom is 0.249 e. The number of nitrogens with zero attached hydrogens (tertiary/aromatic N) is 2. The van der Waals surface area contributed by atoms with Crippen molar-refractivity contribution in [3.05, 3.63) is 65.0 Å². The Balaban J connectivity index is 1.38. The van der Waals surface area contributed by atoms with Gasteiger partial charge in [-0.1, -0.05) is 6.07 Å². The lowest BCUT2D eigenvalue weighted by atomic mass is 9.79. The molecule has 5 nitrogen and oxygen atoms in total. The van der Waals surface area contributed by atoms with Gasteiger partial charge in [-0.3, -0.25) is 9.63 Å². The summed E-state index contributed by atoms with van der Waals surface area (Å²) in [6.07, 6.45) is 1.56. The Labute approximate surface area is 165 Å². The van der Waals surface area contributed by atoms with E-state index in [1.54, 1.807) is 6.07 Å². The average molecular weight is 401 g/mol. The monoisotopic (exact) mass is 401 g/mol. The lowest BCUT2D eigenvalue weighted by Gasteiger charge is -2.38. The highest BCUT2D eigenvalue weighted by atomic mass is 19.2. The zero-order valence-electron chi connectivity index (χ0n) is 15.4. The van der Waals surface area contributed by atoms with Gasteiger partial charge in [0.25, 0.3) is 0 Å². The molecule has 8 heteroatoms. The largest absolute Gasteiger partial charge is 0.382 e. The highest BCUT2D eigenvalue weighted by Crippen LogP contribution is 2.38. The number of benzene rings is 2. The smallest absolute Gasteiger partial charge is 0.249 e. The molecule has 1 amide bonds. The molecule has 1 aliphatic heterocycles. The van der Waals surface area contributed by atoms with Crippen molar-refractivity contribution in [2.24, 2.45) is 5.92 Å². The van der Waals surface area contributed by atoms with Gasteiger partial charge in [-0.05, 0) is 48.7 Å². The fourth-order valence-corrected chi connectivity index (χ4v) is 3.80. The van der Waals surface area contributed by atoms with Crippen molar-refractivity contribution in [1.29, 1.82) is 5.26 Å². The van der Waals surface area contributed by atoms with Gasteiger partial charge in [0.2, 0.25) is 5.91 Å². The van der Waals surface area contributed by atoms with Gasteiger partial charge >= 0.3 is 0 Å². The van der Waals surface area contributed by atoms with Crippen molar-refractivity contribution in [3.63, 3.8) is 0 Å². The van der Waals surface area contributed by atoms with Crippen LogP contribution in [-0.2, 0) is 9.63 Å². The van der Waals surface area contributed by atoms with E-state index in [2.05, 4.69) is 5.32 Å². The van der Waals surface area contributed by atoms with E-state index in [4.69, 9.17) is 10.1 Å². The van der Waals surface area contributed by atoms with E-state index in [1.807, 2.05) is 6.07 Å². The number of carbonyl (C=O) groups is 1. The predicted molar refractivity (Wildman–Crippen MR) is 97.8 cm³/mol. The number of rotatable bonds is 4. The third kappa shape index (κ3) is 3.91. The third-order valence-electron chi connectivity index (χ3n) is 5.34. The second-order valence-corrected chi connectivity index (χ2v) is 7.33. The molecule has 2 fully saturated rings. The minimum atomic E-state index is -0.957. The van der Waals surface area contributed by atoms with Crippen molar-refractivity contribution in [2.45, 2.75) is 31.3 Å². The van der Waals surface area contributed by atoms with Crippen molar-refractivity contribution < 1.29 is 22.8 Å². The van der Waals surface area contributed by atoms with Crippen LogP contribution in [0, 0.1) is 34.7 Å². The van der Waals surface area contributed by atoms with Crippen molar-refractivity contribution in [3.8, 4) is 6.07 Å². The zero-order chi connectivity index (χ0) is 20.5. The van der Waals surface area contributed by atoms with Crippen LogP contribution in [0.2, 0.25) is 0 Å². The van der Waals surface area contributed by atoms with Crippen LogP contribution < -0.4 is 5.32 Å². The molecule has 2 aliphatic rings. The van der Waals surface area contributed by atoms with E-state index < -0.39 is 23.5 Å². The molecule has 0 aromatic heterocycles. The summed E-state index contributed by atoms with van der Waals surface area (Å²) < 4.78 is 40.3. The Hall–Kier alpha value is -3.05. The summed E-state index contributed by atoms with van der Waals surface area (Å²) in [4.78, 5) is 18.3. The maximum absolute atomic E-state index is 13.6. The number of nitrogens with one attached hydrogen (secondary N) is 1. The highest BCUT2D eigenvalue weighted by molar-refractivity contribution is 5.80. The molecule has 1 atom stereocenters. The lowest BCUT2D eigenvalue weighted by Crippen LogP contribution is -2.45. The molecule has 0 spiro atoms. The summed E-state index contributed by atoms with van der Waals surface area (Å²) >= 11 is 0. The number of amides is 1. The molecule has 2 aromatic rings. The van der Waals surface area contributed by atoms with E-state index in [-0.39, 0.29) is 23.4 Å². The summed E-state index contributed by atoms with van der Waals surface area (Å²) in [5.74, 6) is -2.87. The molecule has 1 saturated carbocycles. The second-order valence-electron chi connectivity index (χ2n) is 7.33. The van der Waals surface area contributed by atoms with E-state index >= 15 is 0 Å². The SMILES string of the molecule is N#Cc1cc(F)cc(NC2CC(C(=O)N3OCC[C@H]3c3ccc(F)c(F)c3)C2)c1. The van der Waals surface area contributed by atoms with Crippen molar-refractivity contribution in [1.82, 2.24) is 5.06 Å². The molecular weight excluding hydrogens is 383 g/mol. The Morgan fingerprint density at radius 2 is 1.93 bits per heavy atom. The molecule has 0 unspecified atom stereocenters. The van der Waals surface area contributed by atoms with Gasteiger partial charge in [0, 0.05) is 24.1 Å². The van der Waals surface area contributed by atoms with Crippen LogP contribution in [0.25, 0.3) is 0 Å². The van der Waals surface area contributed by atoms with Crippen LogP contribution in [-0.4, -0.2) is 23.6 Å². The van der Waals surface area contributed by atoms with Crippen LogP contribution >= 0.6 is 0 Å². The second kappa shape index (κ2) is 7.76. The van der Waals surface area contributed by atoms with E-state index in [1.165, 1.54) is 17.2 Å². The summed E-state index contributed by atoms with van der Waals surface area (Å²) in [5, 5.41) is 13.3. The van der Waals surface area contributed by atoms with E-state index in [0.29, 0.717) is 37.1 Å². The number of carbonyl (C=O) groups excluding carboxylic acids is 1. The topological polar surface area (TPSA) is 65.4 Å². The fourth-order valence-electron chi connectivity index (χ4n) is 3.80. The number of nitriles is 1. The summed E-state index contributed by atoms with van der Waals surface area (Å²) in [7, 11) is 0. The van der Waals surface area contributed by atoms with E-state index in [9.17, 15) is 18.0 Å². The molecule has 0 radical (unpaired) electrons. The Bertz CT molecular complexity index is 986. The summed E-state index contributed by atoms with van der Waals surface area (Å²) in [6.45, 7) is 0.323. The van der Waals surface area contributed by atoms with Crippen molar-refractivity contribution in [2.75, 3.05) is 11.9 Å². The van der Waals surface area contributed by atoms with Gasteiger partial charge < -0.3 is 5.32 Å². The Morgan fingerprint density at radius 3 is 2.66 bits per heavy atom. The lowest BCUT2D eigenvalue weighted by molar-refractivity contribution is -0.184.